The van der Waals surface area contributed by atoms with Gasteiger partial charge in [0.1, 0.15) is 0 Å². The van der Waals surface area contributed by atoms with E-state index in [1.807, 2.05) is 0 Å². The van der Waals surface area contributed by atoms with Crippen LogP contribution >= 0.6 is 0 Å². The molecular weight excluding hydrogens is 298 g/mol. The quantitative estimate of drug-likeness (QED) is 0.454. The molecule has 1 rings (SSSR count). The van der Waals surface area contributed by atoms with E-state index in [0.717, 1.165) is 32.1 Å². The minimum atomic E-state index is -0.690. The van der Waals surface area contributed by atoms with Gasteiger partial charge >= 0.3 is 0 Å². The monoisotopic (exact) mass is 333 g/mol. The lowest BCUT2D eigenvalue weighted by molar-refractivity contribution is -0.250. The molecule has 0 aromatic heterocycles. The van der Waals surface area contributed by atoms with Gasteiger partial charge in [-0.25, -0.2) is 0 Å². The van der Waals surface area contributed by atoms with Crippen molar-refractivity contribution in [3.05, 3.63) is 0 Å². The van der Waals surface area contributed by atoms with E-state index in [4.69, 9.17) is 15.2 Å². The third-order valence-corrected chi connectivity index (χ3v) is 4.16. The Morgan fingerprint density at radius 1 is 1.04 bits per heavy atom. The van der Waals surface area contributed by atoms with E-state index in [9.17, 15) is 15.3 Å². The van der Waals surface area contributed by atoms with Crippen LogP contribution in [0.2, 0.25) is 0 Å². The first-order chi connectivity index (χ1) is 10.9. The summed E-state index contributed by atoms with van der Waals surface area (Å²) in [6.07, 6.45) is 3.43. The van der Waals surface area contributed by atoms with Gasteiger partial charge in [0.2, 0.25) is 0 Å². The summed E-state index contributed by atoms with van der Waals surface area (Å²) in [5.74, 6) is 0. The van der Waals surface area contributed by atoms with Crippen molar-refractivity contribution in [2.24, 2.45) is 5.73 Å². The van der Waals surface area contributed by atoms with Crippen molar-refractivity contribution >= 4 is 0 Å². The Morgan fingerprint density at radius 2 is 1.74 bits per heavy atom. The minimum Gasteiger partial charge on any atom is -0.393 e. The molecule has 1 heterocycles. The zero-order valence-electron chi connectivity index (χ0n) is 14.6. The molecule has 23 heavy (non-hydrogen) atoms. The average molecular weight is 333 g/mol. The summed E-state index contributed by atoms with van der Waals surface area (Å²) in [4.78, 5) is 0. The molecule has 6 heteroatoms. The van der Waals surface area contributed by atoms with Gasteiger partial charge in [0.05, 0.1) is 30.5 Å². The van der Waals surface area contributed by atoms with Crippen LogP contribution in [0.1, 0.15) is 65.2 Å². The van der Waals surface area contributed by atoms with Crippen molar-refractivity contribution in [1.82, 2.24) is 0 Å². The summed E-state index contributed by atoms with van der Waals surface area (Å²) in [6, 6.07) is 0. The van der Waals surface area contributed by atoms with E-state index in [1.54, 1.807) is 6.92 Å². The number of nitrogens with two attached hydrogens (primary N) is 1. The Bertz CT molecular complexity index is 303. The molecular formula is C17H35NO5. The average Bonchev–Trinajstić information content (AvgIpc) is 2.44. The molecule has 0 saturated carbocycles. The lowest BCUT2D eigenvalue weighted by Gasteiger charge is -2.37. The Hall–Kier alpha value is -0.240. The van der Waals surface area contributed by atoms with Gasteiger partial charge in [0.15, 0.2) is 6.29 Å². The maximum atomic E-state index is 10.2. The number of hydrogen-bond donors (Lipinski definition) is 4. The highest BCUT2D eigenvalue weighted by molar-refractivity contribution is 4.77. The fraction of sp³-hybridized carbons (Fsp3) is 1.00. The van der Waals surface area contributed by atoms with Crippen LogP contribution in [0.5, 0.6) is 0 Å². The second-order valence-corrected chi connectivity index (χ2v) is 6.76. The maximum absolute atomic E-state index is 10.2. The number of hydrogen-bond acceptors (Lipinski definition) is 6. The molecule has 6 nitrogen and oxygen atoms in total. The first kappa shape index (κ1) is 20.8. The van der Waals surface area contributed by atoms with E-state index < -0.39 is 18.3 Å². The summed E-state index contributed by atoms with van der Waals surface area (Å²) < 4.78 is 11.9. The number of aliphatic hydroxyl groups is 3. The summed E-state index contributed by atoms with van der Waals surface area (Å²) >= 11 is 0. The van der Waals surface area contributed by atoms with Crippen molar-refractivity contribution in [1.29, 1.82) is 0 Å². The highest BCUT2D eigenvalue weighted by Crippen LogP contribution is 2.27. The van der Waals surface area contributed by atoms with Crippen LogP contribution in [0, 0.1) is 0 Å². The Labute approximate surface area is 140 Å². The first-order valence-corrected chi connectivity index (χ1v) is 8.99. The minimum absolute atomic E-state index is 0.0585. The van der Waals surface area contributed by atoms with E-state index in [-0.39, 0.29) is 31.3 Å². The predicted octanol–water partition coefficient (Wildman–Crippen LogP) is 1.30. The second-order valence-electron chi connectivity index (χ2n) is 6.76. The largest absolute Gasteiger partial charge is 0.393 e. The molecule has 138 valence electrons. The Balaban J connectivity index is 2.45. The molecule has 1 aliphatic rings. The molecule has 1 aliphatic heterocycles. The fourth-order valence-corrected chi connectivity index (χ4v) is 3.15. The SMILES string of the molecule is CCCC1CC(CC(O)CC(O)CC(C)O)OC(CCCN)O1. The van der Waals surface area contributed by atoms with Gasteiger partial charge in [-0.15, -0.1) is 0 Å². The lowest BCUT2D eigenvalue weighted by Crippen LogP contribution is -2.40. The molecule has 6 atom stereocenters. The Morgan fingerprint density at radius 3 is 2.35 bits per heavy atom. The molecule has 0 spiro atoms. The molecule has 0 radical (unpaired) electrons. The van der Waals surface area contributed by atoms with Gasteiger partial charge in [0, 0.05) is 6.42 Å². The van der Waals surface area contributed by atoms with Crippen LogP contribution in [0.15, 0.2) is 0 Å². The number of aliphatic hydroxyl groups excluding tert-OH is 3. The zero-order valence-corrected chi connectivity index (χ0v) is 14.6. The first-order valence-electron chi connectivity index (χ1n) is 8.99. The van der Waals surface area contributed by atoms with E-state index in [1.165, 1.54) is 0 Å². The smallest absolute Gasteiger partial charge is 0.158 e. The van der Waals surface area contributed by atoms with Crippen molar-refractivity contribution in [3.63, 3.8) is 0 Å². The second kappa shape index (κ2) is 11.3. The van der Waals surface area contributed by atoms with Gasteiger partial charge in [-0.3, -0.25) is 0 Å². The molecule has 1 saturated heterocycles. The van der Waals surface area contributed by atoms with Gasteiger partial charge in [0.25, 0.3) is 0 Å². The van der Waals surface area contributed by atoms with Crippen LogP contribution in [0.25, 0.3) is 0 Å². The highest BCUT2D eigenvalue weighted by atomic mass is 16.7. The van der Waals surface area contributed by atoms with E-state index >= 15 is 0 Å². The molecule has 6 unspecified atom stereocenters. The normalized spacial score (nSPS) is 29.2. The third kappa shape index (κ3) is 8.98. The van der Waals surface area contributed by atoms with Gasteiger partial charge in [-0.05, 0) is 52.0 Å². The third-order valence-electron chi connectivity index (χ3n) is 4.16. The van der Waals surface area contributed by atoms with Crippen molar-refractivity contribution < 1.29 is 24.8 Å². The zero-order chi connectivity index (χ0) is 17.2. The molecule has 5 N–H and O–H groups in total. The number of rotatable bonds is 11. The maximum Gasteiger partial charge on any atom is 0.158 e. The van der Waals surface area contributed by atoms with Crippen molar-refractivity contribution in [3.8, 4) is 0 Å². The molecule has 0 bridgehead atoms. The summed E-state index contributed by atoms with van der Waals surface area (Å²) in [5.41, 5.74) is 5.55. The van der Waals surface area contributed by atoms with Crippen LogP contribution in [-0.4, -0.2) is 58.7 Å². The summed E-state index contributed by atoms with van der Waals surface area (Å²) in [6.45, 7) is 4.37. The summed E-state index contributed by atoms with van der Waals surface area (Å²) in [5, 5.41) is 29.3. The fourth-order valence-electron chi connectivity index (χ4n) is 3.15. The van der Waals surface area contributed by atoms with Gasteiger partial charge in [-0.2, -0.15) is 0 Å². The van der Waals surface area contributed by atoms with Crippen molar-refractivity contribution in [2.45, 2.75) is 102 Å². The standard InChI is InChI=1S/C17H35NO5/c1-3-5-15-11-16(23-17(22-15)6-4-7-18)10-14(21)9-13(20)8-12(2)19/h12-17,19-21H,3-11,18H2,1-2H3. The predicted molar refractivity (Wildman–Crippen MR) is 88.9 cm³/mol. The molecule has 0 aliphatic carbocycles. The molecule has 0 aromatic carbocycles. The lowest BCUT2D eigenvalue weighted by atomic mass is 9.97. The summed E-state index contributed by atoms with van der Waals surface area (Å²) in [7, 11) is 0. The Kier molecular flexibility index (Phi) is 10.3. The molecule has 1 fully saturated rings. The topological polar surface area (TPSA) is 105 Å². The molecule has 0 aromatic rings. The van der Waals surface area contributed by atoms with Crippen LogP contribution in [0.4, 0.5) is 0 Å². The number of ether oxygens (including phenoxy) is 2. The highest BCUT2D eigenvalue weighted by Gasteiger charge is 2.31. The van der Waals surface area contributed by atoms with E-state index in [2.05, 4.69) is 6.92 Å². The van der Waals surface area contributed by atoms with Crippen LogP contribution in [-0.2, 0) is 9.47 Å². The van der Waals surface area contributed by atoms with Crippen LogP contribution < -0.4 is 5.73 Å². The van der Waals surface area contributed by atoms with E-state index in [0.29, 0.717) is 13.0 Å². The molecule has 0 amide bonds. The van der Waals surface area contributed by atoms with Gasteiger partial charge < -0.3 is 30.5 Å². The van der Waals surface area contributed by atoms with Gasteiger partial charge in [-0.1, -0.05) is 13.3 Å². The van der Waals surface area contributed by atoms with Crippen molar-refractivity contribution in [2.75, 3.05) is 6.54 Å². The van der Waals surface area contributed by atoms with Crippen LogP contribution in [0.3, 0.4) is 0 Å².